The molecule has 0 radical (unpaired) electrons. The first-order valence-corrected chi connectivity index (χ1v) is 8.31. The van der Waals surface area contributed by atoms with Crippen LogP contribution in [0, 0.1) is 0 Å². The van der Waals surface area contributed by atoms with Gasteiger partial charge in [0, 0.05) is 12.2 Å². The van der Waals surface area contributed by atoms with Crippen molar-refractivity contribution in [3.05, 3.63) is 65.7 Å². The molecule has 0 aliphatic rings. The molecule has 2 rings (SSSR count). The number of anilines is 1. The number of benzene rings is 2. The Morgan fingerprint density at radius 1 is 0.905 bits per heavy atom. The Labute approximate surface area is 125 Å². The van der Waals surface area contributed by atoms with E-state index >= 15 is 0 Å². The molecule has 0 atom stereocenters. The third kappa shape index (κ3) is 5.18. The van der Waals surface area contributed by atoms with Crippen molar-refractivity contribution in [2.45, 2.75) is 12.2 Å². The van der Waals surface area contributed by atoms with Crippen molar-refractivity contribution < 1.29 is 8.42 Å². The summed E-state index contributed by atoms with van der Waals surface area (Å²) in [7, 11) is -3.33. The zero-order valence-corrected chi connectivity index (χ0v) is 12.4. The van der Waals surface area contributed by atoms with Crippen LogP contribution in [-0.2, 0) is 22.2 Å². The van der Waals surface area contributed by atoms with E-state index < -0.39 is 10.0 Å². The molecule has 0 saturated heterocycles. The van der Waals surface area contributed by atoms with Gasteiger partial charge >= 0.3 is 0 Å². The van der Waals surface area contributed by atoms with Crippen molar-refractivity contribution in [3.8, 4) is 0 Å². The molecule has 0 spiro atoms. The lowest BCUT2D eigenvalue weighted by atomic mass is 10.2. The zero-order chi connectivity index (χ0) is 15.1. The van der Waals surface area contributed by atoms with Crippen LogP contribution in [0.15, 0.2) is 54.6 Å². The number of nitrogen functional groups attached to an aromatic ring is 1. The molecular weight excluding hydrogens is 286 g/mol. The van der Waals surface area contributed by atoms with Gasteiger partial charge < -0.3 is 5.43 Å². The van der Waals surface area contributed by atoms with E-state index in [4.69, 9.17) is 5.84 Å². The van der Waals surface area contributed by atoms with Crippen LogP contribution in [0.25, 0.3) is 0 Å². The van der Waals surface area contributed by atoms with Gasteiger partial charge in [0.25, 0.3) is 0 Å². The molecule has 4 N–H and O–H groups in total. The van der Waals surface area contributed by atoms with Gasteiger partial charge in [-0.2, -0.15) is 0 Å². The van der Waals surface area contributed by atoms with Crippen LogP contribution in [0.2, 0.25) is 0 Å². The van der Waals surface area contributed by atoms with Gasteiger partial charge in [-0.05, 0) is 29.7 Å². The van der Waals surface area contributed by atoms with Crippen molar-refractivity contribution in [1.82, 2.24) is 4.72 Å². The number of hydrogen-bond acceptors (Lipinski definition) is 4. The number of nitrogens with one attached hydrogen (secondary N) is 2. The third-order valence-electron chi connectivity index (χ3n) is 3.06. The summed E-state index contributed by atoms with van der Waals surface area (Å²) in [5, 5.41) is 0. The highest BCUT2D eigenvalue weighted by molar-refractivity contribution is 7.88. The van der Waals surface area contributed by atoms with E-state index in [0.29, 0.717) is 13.0 Å². The number of hydrazine groups is 1. The van der Waals surface area contributed by atoms with E-state index in [1.165, 1.54) is 0 Å². The highest BCUT2D eigenvalue weighted by Crippen LogP contribution is 2.10. The van der Waals surface area contributed by atoms with Crippen molar-refractivity contribution >= 4 is 15.7 Å². The summed E-state index contributed by atoms with van der Waals surface area (Å²) in [6, 6.07) is 16.8. The van der Waals surface area contributed by atoms with Crippen LogP contribution < -0.4 is 16.0 Å². The van der Waals surface area contributed by atoms with Crippen LogP contribution >= 0.6 is 0 Å². The average molecular weight is 305 g/mol. The van der Waals surface area contributed by atoms with Gasteiger partial charge in [-0.25, -0.2) is 13.1 Å². The number of hydrogen-bond donors (Lipinski definition) is 3. The van der Waals surface area contributed by atoms with Crippen LogP contribution in [0.3, 0.4) is 0 Å². The van der Waals surface area contributed by atoms with Crippen LogP contribution in [0.5, 0.6) is 0 Å². The molecule has 2 aromatic rings. The second-order valence-electron chi connectivity index (χ2n) is 4.73. The van der Waals surface area contributed by atoms with E-state index in [2.05, 4.69) is 10.1 Å². The fourth-order valence-electron chi connectivity index (χ4n) is 1.96. The lowest BCUT2D eigenvalue weighted by molar-refractivity contribution is 0.581. The summed E-state index contributed by atoms with van der Waals surface area (Å²) in [5.74, 6) is 5.23. The summed E-state index contributed by atoms with van der Waals surface area (Å²) in [6.45, 7) is 0.398. The molecule has 0 unspecified atom stereocenters. The second-order valence-corrected chi connectivity index (χ2v) is 6.54. The van der Waals surface area contributed by atoms with Gasteiger partial charge in [-0.3, -0.25) is 5.84 Å². The quantitative estimate of drug-likeness (QED) is 0.536. The standard InChI is InChI=1S/C15H19N3O2S/c16-18-15-8-6-14(7-9-15)12-21(19,20)17-11-10-13-4-2-1-3-5-13/h1-9,17-18H,10-12,16H2. The maximum Gasteiger partial charge on any atom is 0.215 e. The van der Waals surface area contributed by atoms with Crippen LogP contribution in [0.1, 0.15) is 11.1 Å². The molecule has 112 valence electrons. The van der Waals surface area contributed by atoms with Gasteiger partial charge in [0.05, 0.1) is 5.75 Å². The monoisotopic (exact) mass is 305 g/mol. The predicted octanol–water partition coefficient (Wildman–Crippen LogP) is 1.63. The molecule has 0 aliphatic heterocycles. The topological polar surface area (TPSA) is 84.2 Å². The van der Waals surface area contributed by atoms with E-state index in [-0.39, 0.29) is 5.75 Å². The molecule has 0 heterocycles. The smallest absolute Gasteiger partial charge is 0.215 e. The van der Waals surface area contributed by atoms with Crippen molar-refractivity contribution in [2.24, 2.45) is 5.84 Å². The van der Waals surface area contributed by atoms with Crippen molar-refractivity contribution in [3.63, 3.8) is 0 Å². The molecule has 5 nitrogen and oxygen atoms in total. The van der Waals surface area contributed by atoms with E-state index in [1.54, 1.807) is 24.3 Å². The first kappa shape index (κ1) is 15.5. The summed E-state index contributed by atoms with van der Waals surface area (Å²) < 4.78 is 26.6. The van der Waals surface area contributed by atoms with Gasteiger partial charge in [-0.15, -0.1) is 0 Å². The van der Waals surface area contributed by atoms with Crippen molar-refractivity contribution in [1.29, 1.82) is 0 Å². The fourth-order valence-corrected chi connectivity index (χ4v) is 3.11. The Kier molecular flexibility index (Phi) is 5.32. The van der Waals surface area contributed by atoms with E-state index in [0.717, 1.165) is 16.8 Å². The Morgan fingerprint density at radius 2 is 1.57 bits per heavy atom. The van der Waals surface area contributed by atoms with E-state index in [9.17, 15) is 8.42 Å². The number of rotatable bonds is 7. The summed E-state index contributed by atoms with van der Waals surface area (Å²) in [6.07, 6.45) is 0.677. The van der Waals surface area contributed by atoms with Crippen LogP contribution in [-0.4, -0.2) is 15.0 Å². The molecule has 0 aliphatic carbocycles. The number of nitrogens with two attached hydrogens (primary N) is 1. The SMILES string of the molecule is NNc1ccc(CS(=O)(=O)NCCc2ccccc2)cc1. The van der Waals surface area contributed by atoms with Gasteiger partial charge in [0.15, 0.2) is 0 Å². The highest BCUT2D eigenvalue weighted by atomic mass is 32.2. The second kappa shape index (κ2) is 7.21. The molecule has 0 fully saturated rings. The number of sulfonamides is 1. The summed E-state index contributed by atoms with van der Waals surface area (Å²) >= 11 is 0. The third-order valence-corrected chi connectivity index (χ3v) is 4.41. The molecule has 0 bridgehead atoms. The van der Waals surface area contributed by atoms with Crippen LogP contribution in [0.4, 0.5) is 5.69 Å². The predicted molar refractivity (Wildman–Crippen MR) is 85.0 cm³/mol. The molecule has 0 saturated carbocycles. The molecule has 21 heavy (non-hydrogen) atoms. The maximum absolute atomic E-state index is 12.0. The first-order valence-electron chi connectivity index (χ1n) is 6.66. The largest absolute Gasteiger partial charge is 0.324 e. The Morgan fingerprint density at radius 3 is 2.19 bits per heavy atom. The minimum atomic E-state index is -3.33. The normalized spacial score (nSPS) is 11.3. The fraction of sp³-hybridized carbons (Fsp3) is 0.200. The van der Waals surface area contributed by atoms with Crippen molar-refractivity contribution in [2.75, 3.05) is 12.0 Å². The lowest BCUT2D eigenvalue weighted by Gasteiger charge is -2.07. The first-order chi connectivity index (χ1) is 10.1. The minimum absolute atomic E-state index is 0.0351. The Hall–Kier alpha value is -1.89. The highest BCUT2D eigenvalue weighted by Gasteiger charge is 2.10. The van der Waals surface area contributed by atoms with E-state index in [1.807, 2.05) is 30.3 Å². The molecule has 6 heteroatoms. The maximum atomic E-state index is 12.0. The molecule has 0 aromatic heterocycles. The van der Waals surface area contributed by atoms with Gasteiger partial charge in [0.2, 0.25) is 10.0 Å². The molecule has 2 aromatic carbocycles. The summed E-state index contributed by atoms with van der Waals surface area (Å²) in [5.41, 5.74) is 5.08. The minimum Gasteiger partial charge on any atom is -0.324 e. The lowest BCUT2D eigenvalue weighted by Crippen LogP contribution is -2.27. The summed E-state index contributed by atoms with van der Waals surface area (Å²) in [4.78, 5) is 0. The molecule has 0 amide bonds. The zero-order valence-electron chi connectivity index (χ0n) is 11.6. The Bertz CT molecular complexity index is 655. The van der Waals surface area contributed by atoms with Gasteiger partial charge in [0.1, 0.15) is 0 Å². The van der Waals surface area contributed by atoms with Gasteiger partial charge in [-0.1, -0.05) is 42.5 Å². The average Bonchev–Trinajstić information content (AvgIpc) is 2.48. The molecular formula is C15H19N3O2S. The Balaban J connectivity index is 1.86.